The van der Waals surface area contributed by atoms with Crippen molar-refractivity contribution in [3.8, 4) is 10.6 Å². The molecule has 4 nitrogen and oxygen atoms in total. The second-order valence-electron chi connectivity index (χ2n) is 6.44. The SMILES string of the molecule is Cc1ccc(-c2nc3ccccc3s2)cc1NC(=S)NC(=O)c1cccc(Br)c1. The molecular formula is C22H16BrN3OS2. The van der Waals surface area contributed by atoms with Crippen LogP contribution in [0, 0.1) is 6.92 Å². The molecule has 0 atom stereocenters. The van der Waals surface area contributed by atoms with E-state index in [4.69, 9.17) is 17.2 Å². The minimum absolute atomic E-state index is 0.250. The van der Waals surface area contributed by atoms with Gasteiger partial charge in [-0.25, -0.2) is 4.98 Å². The number of aryl methyl sites for hydroxylation is 1. The third-order valence-electron chi connectivity index (χ3n) is 4.34. The molecule has 0 aliphatic rings. The van der Waals surface area contributed by atoms with Crippen molar-refractivity contribution < 1.29 is 4.79 Å². The van der Waals surface area contributed by atoms with Gasteiger partial charge in [-0.15, -0.1) is 11.3 Å². The Bertz CT molecular complexity index is 1200. The van der Waals surface area contributed by atoms with Gasteiger partial charge in [0.05, 0.1) is 10.2 Å². The first-order valence-electron chi connectivity index (χ1n) is 8.84. The van der Waals surface area contributed by atoms with Gasteiger partial charge in [-0.3, -0.25) is 10.1 Å². The lowest BCUT2D eigenvalue weighted by atomic mass is 10.1. The molecule has 144 valence electrons. The van der Waals surface area contributed by atoms with Crippen molar-refractivity contribution in [1.82, 2.24) is 10.3 Å². The normalized spacial score (nSPS) is 10.7. The van der Waals surface area contributed by atoms with Gasteiger partial charge in [0.2, 0.25) is 0 Å². The fourth-order valence-electron chi connectivity index (χ4n) is 2.84. The topological polar surface area (TPSA) is 54.0 Å². The third kappa shape index (κ3) is 4.53. The molecule has 1 heterocycles. The van der Waals surface area contributed by atoms with Crippen molar-refractivity contribution in [3.05, 3.63) is 82.3 Å². The van der Waals surface area contributed by atoms with E-state index in [1.54, 1.807) is 29.5 Å². The molecule has 0 saturated carbocycles. The highest BCUT2D eigenvalue weighted by atomic mass is 79.9. The first kappa shape index (κ1) is 19.7. The zero-order valence-corrected chi connectivity index (χ0v) is 18.6. The third-order valence-corrected chi connectivity index (χ3v) is 6.12. The number of halogens is 1. The minimum atomic E-state index is -0.260. The van der Waals surface area contributed by atoms with Crippen LogP contribution in [0.25, 0.3) is 20.8 Å². The standard InChI is InChI=1S/C22H16BrN3OS2/c1-13-9-10-15(21-24-17-7-2-3-8-19(17)29-21)12-18(13)25-22(28)26-20(27)14-5-4-6-16(23)11-14/h2-12H,1H3,(H2,25,26,27,28). The summed E-state index contributed by atoms with van der Waals surface area (Å²) < 4.78 is 1.98. The number of hydrogen-bond acceptors (Lipinski definition) is 4. The Morgan fingerprint density at radius 2 is 1.90 bits per heavy atom. The Hall–Kier alpha value is -2.61. The summed E-state index contributed by atoms with van der Waals surface area (Å²) in [5, 5.41) is 7.05. The van der Waals surface area contributed by atoms with E-state index in [2.05, 4.69) is 32.6 Å². The lowest BCUT2D eigenvalue weighted by Crippen LogP contribution is -2.34. The molecule has 0 saturated heterocycles. The highest BCUT2D eigenvalue weighted by Crippen LogP contribution is 2.32. The summed E-state index contributed by atoms with van der Waals surface area (Å²) in [6.45, 7) is 1.99. The zero-order chi connectivity index (χ0) is 20.4. The number of amides is 1. The Morgan fingerprint density at radius 1 is 1.07 bits per heavy atom. The second kappa shape index (κ2) is 8.41. The molecule has 2 N–H and O–H groups in total. The average molecular weight is 482 g/mol. The summed E-state index contributed by atoms with van der Waals surface area (Å²) in [6.07, 6.45) is 0. The van der Waals surface area contributed by atoms with Crippen molar-refractivity contribution in [3.63, 3.8) is 0 Å². The molecule has 0 spiro atoms. The van der Waals surface area contributed by atoms with Gasteiger partial charge >= 0.3 is 0 Å². The number of nitrogens with zero attached hydrogens (tertiary/aromatic N) is 1. The predicted molar refractivity (Wildman–Crippen MR) is 128 cm³/mol. The number of thiocarbonyl (C=S) groups is 1. The summed E-state index contributed by atoms with van der Waals surface area (Å²) in [6, 6.07) is 21.3. The van der Waals surface area contributed by atoms with Crippen LogP contribution in [0.1, 0.15) is 15.9 Å². The summed E-state index contributed by atoms with van der Waals surface area (Å²) in [7, 11) is 0. The fraction of sp³-hybridized carbons (Fsp3) is 0.0455. The number of carbonyl (C=O) groups excluding carboxylic acids is 1. The fourth-order valence-corrected chi connectivity index (χ4v) is 4.41. The number of benzene rings is 3. The number of thiazole rings is 1. The summed E-state index contributed by atoms with van der Waals surface area (Å²) in [4.78, 5) is 17.1. The van der Waals surface area contributed by atoms with Gasteiger partial charge in [-0.1, -0.05) is 46.3 Å². The van der Waals surface area contributed by atoms with E-state index in [1.165, 1.54) is 0 Å². The van der Waals surface area contributed by atoms with Gasteiger partial charge in [-0.05, 0) is 61.1 Å². The number of carbonyl (C=O) groups is 1. The van der Waals surface area contributed by atoms with Crippen LogP contribution in [-0.4, -0.2) is 16.0 Å². The lowest BCUT2D eigenvalue weighted by Gasteiger charge is -2.13. The van der Waals surface area contributed by atoms with Crippen LogP contribution in [0.4, 0.5) is 5.69 Å². The number of hydrogen-bond donors (Lipinski definition) is 2. The van der Waals surface area contributed by atoms with Gasteiger partial charge in [0, 0.05) is 21.3 Å². The van der Waals surface area contributed by atoms with Crippen LogP contribution >= 0.6 is 39.5 Å². The largest absolute Gasteiger partial charge is 0.332 e. The van der Waals surface area contributed by atoms with Gasteiger partial charge in [0.25, 0.3) is 5.91 Å². The molecule has 0 radical (unpaired) electrons. The van der Waals surface area contributed by atoms with Crippen molar-refractivity contribution in [2.45, 2.75) is 6.92 Å². The lowest BCUT2D eigenvalue weighted by molar-refractivity contribution is 0.0977. The number of nitrogens with one attached hydrogen (secondary N) is 2. The quantitative estimate of drug-likeness (QED) is 0.344. The molecule has 4 rings (SSSR count). The van der Waals surface area contributed by atoms with Crippen molar-refractivity contribution in [2.75, 3.05) is 5.32 Å². The van der Waals surface area contributed by atoms with E-state index < -0.39 is 0 Å². The molecule has 0 aliphatic heterocycles. The van der Waals surface area contributed by atoms with Gasteiger partial charge in [-0.2, -0.15) is 0 Å². The van der Waals surface area contributed by atoms with Crippen molar-refractivity contribution >= 4 is 66.4 Å². The van der Waals surface area contributed by atoms with Crippen LogP contribution in [0.5, 0.6) is 0 Å². The maximum absolute atomic E-state index is 12.4. The smallest absolute Gasteiger partial charge is 0.257 e. The van der Waals surface area contributed by atoms with Crippen molar-refractivity contribution in [2.24, 2.45) is 0 Å². The summed E-state index contributed by atoms with van der Waals surface area (Å²) >= 11 is 10.4. The zero-order valence-electron chi connectivity index (χ0n) is 15.4. The molecule has 4 aromatic rings. The van der Waals surface area contributed by atoms with Gasteiger partial charge in [0.1, 0.15) is 5.01 Å². The Kier molecular flexibility index (Phi) is 5.71. The molecule has 1 aromatic heterocycles. The molecule has 1 amide bonds. The highest BCUT2D eigenvalue weighted by Gasteiger charge is 2.11. The van der Waals surface area contributed by atoms with Gasteiger partial charge < -0.3 is 5.32 Å². The van der Waals surface area contributed by atoms with E-state index in [0.29, 0.717) is 5.56 Å². The predicted octanol–water partition coefficient (Wildman–Crippen LogP) is 6.16. The summed E-state index contributed by atoms with van der Waals surface area (Å²) in [5.74, 6) is -0.260. The monoisotopic (exact) mass is 481 g/mol. The average Bonchev–Trinajstić information content (AvgIpc) is 3.14. The number of fused-ring (bicyclic) bond motifs is 1. The van der Waals surface area contributed by atoms with E-state index in [9.17, 15) is 4.79 Å². The molecule has 0 bridgehead atoms. The van der Waals surface area contributed by atoms with Crippen LogP contribution < -0.4 is 10.6 Å². The molecule has 7 heteroatoms. The van der Waals surface area contributed by atoms with Crippen LogP contribution in [-0.2, 0) is 0 Å². The molecule has 3 aromatic carbocycles. The van der Waals surface area contributed by atoms with E-state index >= 15 is 0 Å². The molecule has 0 aliphatic carbocycles. The Labute approximate surface area is 186 Å². The number of para-hydroxylation sites is 1. The molecule has 0 unspecified atom stereocenters. The molecule has 0 fully saturated rings. The van der Waals surface area contributed by atoms with Gasteiger partial charge in [0.15, 0.2) is 5.11 Å². The number of anilines is 1. The van der Waals surface area contributed by atoms with E-state index in [-0.39, 0.29) is 11.0 Å². The van der Waals surface area contributed by atoms with Crippen LogP contribution in [0.15, 0.2) is 71.2 Å². The number of aromatic nitrogens is 1. The minimum Gasteiger partial charge on any atom is -0.332 e. The molecule has 29 heavy (non-hydrogen) atoms. The number of rotatable bonds is 3. The van der Waals surface area contributed by atoms with E-state index in [0.717, 1.165) is 36.5 Å². The van der Waals surface area contributed by atoms with Crippen molar-refractivity contribution in [1.29, 1.82) is 0 Å². The van der Waals surface area contributed by atoms with Crippen LogP contribution in [0.3, 0.4) is 0 Å². The maximum atomic E-state index is 12.4. The highest BCUT2D eigenvalue weighted by molar-refractivity contribution is 9.10. The Balaban J connectivity index is 1.53. The first-order chi connectivity index (χ1) is 14.0. The Morgan fingerprint density at radius 3 is 2.69 bits per heavy atom. The van der Waals surface area contributed by atoms with E-state index in [1.807, 2.05) is 49.4 Å². The second-order valence-corrected chi connectivity index (χ2v) is 8.79. The maximum Gasteiger partial charge on any atom is 0.257 e. The summed E-state index contributed by atoms with van der Waals surface area (Å²) in [5.41, 5.74) is 4.37. The van der Waals surface area contributed by atoms with Crippen LogP contribution in [0.2, 0.25) is 0 Å². The molecular weight excluding hydrogens is 466 g/mol. The first-order valence-corrected chi connectivity index (χ1v) is 10.9.